The summed E-state index contributed by atoms with van der Waals surface area (Å²) in [5, 5.41) is 3.66. The Bertz CT molecular complexity index is 455. The molecule has 2 nitrogen and oxygen atoms in total. The molecule has 0 aliphatic heterocycles. The van der Waals surface area contributed by atoms with E-state index in [9.17, 15) is 0 Å². The second kappa shape index (κ2) is 7.41. The van der Waals surface area contributed by atoms with Crippen LogP contribution in [-0.2, 0) is 0 Å². The summed E-state index contributed by atoms with van der Waals surface area (Å²) in [6.45, 7) is 4.42. The van der Waals surface area contributed by atoms with Gasteiger partial charge >= 0.3 is 0 Å². The molecule has 1 N–H and O–H groups in total. The maximum Gasteiger partial charge on any atom is 0.125 e. The van der Waals surface area contributed by atoms with Crippen LogP contribution in [0.25, 0.3) is 0 Å². The van der Waals surface area contributed by atoms with Crippen molar-refractivity contribution in [2.45, 2.75) is 25.9 Å². The highest BCUT2D eigenvalue weighted by atomic mass is 32.2. The van der Waals surface area contributed by atoms with E-state index in [1.165, 1.54) is 5.56 Å². The lowest BCUT2D eigenvalue weighted by molar-refractivity contribution is 0.426. The van der Waals surface area contributed by atoms with E-state index in [-0.39, 0.29) is 6.04 Å². The summed E-state index contributed by atoms with van der Waals surface area (Å²) in [5.74, 6) is 3.24. The third-order valence-corrected chi connectivity index (χ3v) is 4.13. The maximum absolute atomic E-state index is 5.59. The Morgan fingerprint density at radius 1 is 1.16 bits per heavy atom. The lowest BCUT2D eigenvalue weighted by atomic mass is 10.0. The fourth-order valence-corrected chi connectivity index (χ4v) is 2.76. The Balaban J connectivity index is 2.12. The summed E-state index contributed by atoms with van der Waals surface area (Å²) in [6.07, 6.45) is 1.73. The zero-order valence-electron chi connectivity index (χ0n) is 11.5. The minimum absolute atomic E-state index is 0.128. The van der Waals surface area contributed by atoms with Crippen molar-refractivity contribution in [3.63, 3.8) is 0 Å². The molecule has 2 unspecified atom stereocenters. The van der Waals surface area contributed by atoms with E-state index >= 15 is 0 Å². The molecule has 0 saturated heterocycles. The first-order chi connectivity index (χ1) is 9.31. The van der Waals surface area contributed by atoms with Crippen LogP contribution >= 0.6 is 11.8 Å². The predicted octanol–water partition coefficient (Wildman–Crippen LogP) is 4.10. The van der Waals surface area contributed by atoms with Gasteiger partial charge in [-0.25, -0.2) is 0 Å². The van der Waals surface area contributed by atoms with Gasteiger partial charge in [-0.05, 0) is 30.4 Å². The largest absolute Gasteiger partial charge is 0.467 e. The average Bonchev–Trinajstić information content (AvgIpc) is 2.97. The number of furan rings is 1. The molecule has 0 amide bonds. The van der Waals surface area contributed by atoms with Gasteiger partial charge in [-0.1, -0.05) is 37.3 Å². The quantitative estimate of drug-likeness (QED) is 0.823. The van der Waals surface area contributed by atoms with E-state index in [4.69, 9.17) is 4.42 Å². The van der Waals surface area contributed by atoms with Crippen LogP contribution in [0.3, 0.4) is 0 Å². The lowest BCUT2D eigenvalue weighted by Crippen LogP contribution is -2.32. The van der Waals surface area contributed by atoms with E-state index in [0.29, 0.717) is 6.04 Å². The summed E-state index contributed by atoms with van der Waals surface area (Å²) in [5.41, 5.74) is 1.24. The Labute approximate surface area is 119 Å². The van der Waals surface area contributed by atoms with Crippen LogP contribution in [0.15, 0.2) is 53.1 Å². The number of thioether (sulfide) groups is 1. The predicted molar refractivity (Wildman–Crippen MR) is 82.6 cm³/mol. The van der Waals surface area contributed by atoms with Gasteiger partial charge < -0.3 is 9.73 Å². The number of hydrogen-bond acceptors (Lipinski definition) is 3. The molecule has 2 atom stereocenters. The van der Waals surface area contributed by atoms with Gasteiger partial charge in [0.15, 0.2) is 0 Å². The number of benzene rings is 1. The van der Waals surface area contributed by atoms with Gasteiger partial charge in [0.1, 0.15) is 5.76 Å². The minimum Gasteiger partial charge on any atom is -0.467 e. The highest BCUT2D eigenvalue weighted by Gasteiger charge is 2.18. The van der Waals surface area contributed by atoms with Crippen molar-refractivity contribution in [2.24, 2.45) is 0 Å². The monoisotopic (exact) mass is 275 g/mol. The Hall–Kier alpha value is -1.19. The van der Waals surface area contributed by atoms with Crippen molar-refractivity contribution in [2.75, 3.05) is 11.5 Å². The standard InChI is InChI=1S/C16H21NOS/c1-3-19-12-13(2)17-16(15-10-7-11-18-15)14-8-5-4-6-9-14/h4-11,13,16-17H,3,12H2,1-2H3. The molecule has 1 aromatic carbocycles. The molecule has 2 aromatic rings. The SMILES string of the molecule is CCSCC(C)NC(c1ccccc1)c1ccco1. The van der Waals surface area contributed by atoms with Crippen molar-refractivity contribution in [3.05, 3.63) is 60.1 Å². The fraction of sp³-hybridized carbons (Fsp3) is 0.375. The number of hydrogen-bond donors (Lipinski definition) is 1. The van der Waals surface area contributed by atoms with Crippen molar-refractivity contribution < 1.29 is 4.42 Å². The van der Waals surface area contributed by atoms with E-state index in [0.717, 1.165) is 17.3 Å². The number of nitrogens with one attached hydrogen (secondary N) is 1. The molecule has 19 heavy (non-hydrogen) atoms. The molecule has 0 radical (unpaired) electrons. The van der Waals surface area contributed by atoms with Crippen LogP contribution in [0, 0.1) is 0 Å². The summed E-state index contributed by atoms with van der Waals surface area (Å²) in [6, 6.07) is 15.0. The highest BCUT2D eigenvalue weighted by molar-refractivity contribution is 7.99. The maximum atomic E-state index is 5.59. The fourth-order valence-electron chi connectivity index (χ4n) is 2.07. The normalized spacial score (nSPS) is 14.2. The topological polar surface area (TPSA) is 25.2 Å². The molecule has 0 bridgehead atoms. The second-order valence-corrected chi connectivity index (χ2v) is 5.91. The van der Waals surface area contributed by atoms with Crippen LogP contribution in [0.2, 0.25) is 0 Å². The zero-order chi connectivity index (χ0) is 13.5. The molecular weight excluding hydrogens is 254 g/mol. The van der Waals surface area contributed by atoms with Crippen LogP contribution in [0.5, 0.6) is 0 Å². The molecule has 1 aromatic heterocycles. The van der Waals surface area contributed by atoms with E-state index in [1.54, 1.807) is 6.26 Å². The summed E-state index contributed by atoms with van der Waals surface area (Å²) >= 11 is 1.96. The first-order valence-corrected chi connectivity index (χ1v) is 7.89. The van der Waals surface area contributed by atoms with E-state index < -0.39 is 0 Å². The van der Waals surface area contributed by atoms with Gasteiger partial charge in [-0.15, -0.1) is 0 Å². The molecule has 2 rings (SSSR count). The van der Waals surface area contributed by atoms with Crippen molar-refractivity contribution in [3.8, 4) is 0 Å². The molecule has 0 saturated carbocycles. The third kappa shape index (κ3) is 4.15. The summed E-state index contributed by atoms with van der Waals surface area (Å²) in [4.78, 5) is 0. The van der Waals surface area contributed by atoms with Crippen LogP contribution in [0.4, 0.5) is 0 Å². The van der Waals surface area contributed by atoms with Gasteiger partial charge in [0, 0.05) is 11.8 Å². The molecular formula is C16H21NOS. The highest BCUT2D eigenvalue weighted by Crippen LogP contribution is 2.23. The van der Waals surface area contributed by atoms with Crippen LogP contribution in [-0.4, -0.2) is 17.5 Å². The Morgan fingerprint density at radius 3 is 2.58 bits per heavy atom. The lowest BCUT2D eigenvalue weighted by Gasteiger charge is -2.22. The van der Waals surface area contributed by atoms with Gasteiger partial charge in [-0.3, -0.25) is 0 Å². The Kier molecular flexibility index (Phi) is 5.55. The van der Waals surface area contributed by atoms with Gasteiger partial charge in [0.25, 0.3) is 0 Å². The minimum atomic E-state index is 0.128. The first-order valence-electron chi connectivity index (χ1n) is 6.73. The molecule has 102 valence electrons. The molecule has 1 heterocycles. The molecule has 0 fully saturated rings. The van der Waals surface area contributed by atoms with Gasteiger partial charge in [-0.2, -0.15) is 11.8 Å². The van der Waals surface area contributed by atoms with Crippen molar-refractivity contribution in [1.29, 1.82) is 0 Å². The van der Waals surface area contributed by atoms with Gasteiger partial charge in [0.05, 0.1) is 12.3 Å². The van der Waals surface area contributed by atoms with Gasteiger partial charge in [0.2, 0.25) is 0 Å². The molecule has 0 aliphatic rings. The summed E-state index contributed by atoms with van der Waals surface area (Å²) < 4.78 is 5.59. The van der Waals surface area contributed by atoms with E-state index in [1.807, 2.05) is 30.0 Å². The molecule has 0 spiro atoms. The summed E-state index contributed by atoms with van der Waals surface area (Å²) in [7, 11) is 0. The van der Waals surface area contributed by atoms with E-state index in [2.05, 4.69) is 43.4 Å². The number of rotatable bonds is 7. The molecule has 0 aliphatic carbocycles. The zero-order valence-corrected chi connectivity index (χ0v) is 12.3. The van der Waals surface area contributed by atoms with Crippen LogP contribution in [0.1, 0.15) is 31.2 Å². The van der Waals surface area contributed by atoms with Crippen LogP contribution < -0.4 is 5.32 Å². The van der Waals surface area contributed by atoms with Crippen molar-refractivity contribution >= 4 is 11.8 Å². The Morgan fingerprint density at radius 2 is 1.95 bits per heavy atom. The third-order valence-electron chi connectivity index (χ3n) is 2.98. The second-order valence-electron chi connectivity index (χ2n) is 4.59. The van der Waals surface area contributed by atoms with Crippen molar-refractivity contribution in [1.82, 2.24) is 5.32 Å². The molecule has 3 heteroatoms. The first kappa shape index (κ1) is 14.2. The smallest absolute Gasteiger partial charge is 0.125 e. The average molecular weight is 275 g/mol.